The van der Waals surface area contributed by atoms with Crippen LogP contribution in [-0.4, -0.2) is 19.1 Å². The largest absolute Gasteiger partial charge is 0.372 e. The van der Waals surface area contributed by atoms with E-state index in [1.165, 1.54) is 5.69 Å². The molecule has 2 rings (SSSR count). The van der Waals surface area contributed by atoms with Gasteiger partial charge in [0.25, 0.3) is 0 Å². The number of hydrogen-bond acceptors (Lipinski definition) is 2. The molecule has 0 heterocycles. The number of amides is 2. The molecule has 2 aromatic carbocycles. The summed E-state index contributed by atoms with van der Waals surface area (Å²) in [6.07, 6.45) is 0. The maximum Gasteiger partial charge on any atom is 0.323 e. The van der Waals surface area contributed by atoms with Crippen molar-refractivity contribution in [1.82, 2.24) is 0 Å². The number of para-hydroxylation sites is 1. The van der Waals surface area contributed by atoms with Gasteiger partial charge in [-0.1, -0.05) is 18.2 Å². The van der Waals surface area contributed by atoms with Crippen LogP contribution in [0.5, 0.6) is 0 Å². The van der Waals surface area contributed by atoms with E-state index in [2.05, 4.69) is 35.4 Å². The maximum atomic E-state index is 12.0. The highest BCUT2D eigenvalue weighted by Crippen LogP contribution is 2.22. The fraction of sp³-hybridized carbons (Fsp3) is 0.278. The number of carbonyl (C=O) groups excluding carboxylic acids is 1. The summed E-state index contributed by atoms with van der Waals surface area (Å²) in [6, 6.07) is 15.3. The number of aryl methyl sites for hydroxylation is 1. The smallest absolute Gasteiger partial charge is 0.323 e. The van der Waals surface area contributed by atoms with Crippen molar-refractivity contribution in [2.75, 3.05) is 28.6 Å². The lowest BCUT2D eigenvalue weighted by Crippen LogP contribution is -2.22. The zero-order valence-electron chi connectivity index (χ0n) is 13.4. The number of urea groups is 1. The first kappa shape index (κ1) is 15.9. The molecule has 0 aliphatic heterocycles. The van der Waals surface area contributed by atoms with Crippen LogP contribution in [0, 0.1) is 6.92 Å². The van der Waals surface area contributed by atoms with Crippen LogP contribution in [0.25, 0.3) is 0 Å². The molecule has 2 N–H and O–H groups in total. The summed E-state index contributed by atoms with van der Waals surface area (Å²) in [5.41, 5.74) is 3.82. The van der Waals surface area contributed by atoms with Crippen molar-refractivity contribution in [3.8, 4) is 0 Å². The maximum absolute atomic E-state index is 12.0. The van der Waals surface area contributed by atoms with Crippen molar-refractivity contribution in [3.63, 3.8) is 0 Å². The van der Waals surface area contributed by atoms with Crippen LogP contribution in [0.3, 0.4) is 0 Å². The monoisotopic (exact) mass is 297 g/mol. The van der Waals surface area contributed by atoms with E-state index in [0.717, 1.165) is 30.0 Å². The van der Waals surface area contributed by atoms with Crippen LogP contribution < -0.4 is 15.5 Å². The Morgan fingerprint density at radius 1 is 1.00 bits per heavy atom. The number of carbonyl (C=O) groups is 1. The second-order valence-corrected chi connectivity index (χ2v) is 5.12. The molecule has 0 saturated heterocycles. The van der Waals surface area contributed by atoms with Crippen molar-refractivity contribution in [2.24, 2.45) is 0 Å². The summed E-state index contributed by atoms with van der Waals surface area (Å²) in [4.78, 5) is 14.3. The Balaban J connectivity index is 2.05. The fourth-order valence-electron chi connectivity index (χ4n) is 2.38. The molecule has 0 aliphatic carbocycles. The Morgan fingerprint density at radius 2 is 1.68 bits per heavy atom. The van der Waals surface area contributed by atoms with E-state index in [1.807, 2.05) is 49.4 Å². The number of nitrogens with zero attached hydrogens (tertiary/aromatic N) is 1. The Morgan fingerprint density at radius 3 is 2.27 bits per heavy atom. The Hall–Kier alpha value is -2.49. The molecule has 116 valence electrons. The molecule has 0 unspecified atom stereocenters. The van der Waals surface area contributed by atoms with Gasteiger partial charge in [-0.25, -0.2) is 4.79 Å². The minimum atomic E-state index is -0.232. The van der Waals surface area contributed by atoms with Gasteiger partial charge in [0.15, 0.2) is 0 Å². The number of hydrogen-bond donors (Lipinski definition) is 2. The van der Waals surface area contributed by atoms with Crippen LogP contribution in [0.4, 0.5) is 21.9 Å². The van der Waals surface area contributed by atoms with Gasteiger partial charge in [-0.3, -0.25) is 0 Å². The predicted molar refractivity (Wildman–Crippen MR) is 93.8 cm³/mol. The van der Waals surface area contributed by atoms with Crippen LogP contribution in [0.15, 0.2) is 48.5 Å². The molecule has 4 nitrogen and oxygen atoms in total. The Kier molecular flexibility index (Phi) is 5.42. The normalized spacial score (nSPS) is 10.1. The van der Waals surface area contributed by atoms with Crippen LogP contribution in [0.1, 0.15) is 19.4 Å². The van der Waals surface area contributed by atoms with Gasteiger partial charge in [-0.05, 0) is 56.7 Å². The van der Waals surface area contributed by atoms with Gasteiger partial charge in [-0.15, -0.1) is 0 Å². The Bertz CT molecular complexity index is 621. The van der Waals surface area contributed by atoms with E-state index in [4.69, 9.17) is 0 Å². The van der Waals surface area contributed by atoms with Crippen LogP contribution in [0.2, 0.25) is 0 Å². The molecule has 0 aliphatic rings. The van der Waals surface area contributed by atoms with Crippen LogP contribution in [-0.2, 0) is 0 Å². The van der Waals surface area contributed by atoms with Gasteiger partial charge in [0.2, 0.25) is 0 Å². The van der Waals surface area contributed by atoms with E-state index in [0.29, 0.717) is 0 Å². The first-order chi connectivity index (χ1) is 10.6. The highest BCUT2D eigenvalue weighted by atomic mass is 16.2. The number of anilines is 3. The third kappa shape index (κ3) is 4.01. The molecule has 22 heavy (non-hydrogen) atoms. The molecule has 0 aromatic heterocycles. The van der Waals surface area contributed by atoms with Crippen molar-refractivity contribution < 1.29 is 4.79 Å². The molecule has 0 spiro atoms. The second-order valence-electron chi connectivity index (χ2n) is 5.12. The third-order valence-electron chi connectivity index (χ3n) is 3.62. The van der Waals surface area contributed by atoms with Gasteiger partial charge in [0.1, 0.15) is 0 Å². The van der Waals surface area contributed by atoms with Gasteiger partial charge < -0.3 is 15.5 Å². The van der Waals surface area contributed by atoms with E-state index in [9.17, 15) is 4.79 Å². The first-order valence-electron chi connectivity index (χ1n) is 7.62. The van der Waals surface area contributed by atoms with Crippen molar-refractivity contribution in [2.45, 2.75) is 20.8 Å². The SMILES string of the molecule is CCN(CC)c1ccc(NC(=O)Nc2ccccc2)c(C)c1. The lowest BCUT2D eigenvalue weighted by Gasteiger charge is -2.22. The molecule has 0 saturated carbocycles. The van der Waals surface area contributed by atoms with Crippen LogP contribution >= 0.6 is 0 Å². The van der Waals surface area contributed by atoms with Gasteiger partial charge in [0, 0.05) is 30.2 Å². The third-order valence-corrected chi connectivity index (χ3v) is 3.62. The average Bonchev–Trinajstić information content (AvgIpc) is 2.52. The molecule has 2 aromatic rings. The fourth-order valence-corrected chi connectivity index (χ4v) is 2.38. The topological polar surface area (TPSA) is 44.4 Å². The molecule has 4 heteroatoms. The summed E-state index contributed by atoms with van der Waals surface area (Å²) in [7, 11) is 0. The molecule has 0 radical (unpaired) electrons. The lowest BCUT2D eigenvalue weighted by molar-refractivity contribution is 0.262. The van der Waals surface area contributed by atoms with E-state index in [1.54, 1.807) is 0 Å². The summed E-state index contributed by atoms with van der Waals surface area (Å²) in [6.45, 7) is 8.22. The minimum absolute atomic E-state index is 0.232. The zero-order valence-corrected chi connectivity index (χ0v) is 13.4. The van der Waals surface area contributed by atoms with Crippen molar-refractivity contribution >= 4 is 23.1 Å². The highest BCUT2D eigenvalue weighted by molar-refractivity contribution is 6.00. The van der Waals surface area contributed by atoms with Crippen molar-refractivity contribution in [3.05, 3.63) is 54.1 Å². The van der Waals surface area contributed by atoms with E-state index < -0.39 is 0 Å². The number of benzene rings is 2. The first-order valence-corrected chi connectivity index (χ1v) is 7.62. The van der Waals surface area contributed by atoms with Gasteiger partial charge >= 0.3 is 6.03 Å². The van der Waals surface area contributed by atoms with Gasteiger partial charge in [-0.2, -0.15) is 0 Å². The average molecular weight is 297 g/mol. The number of nitrogens with one attached hydrogen (secondary N) is 2. The predicted octanol–water partition coefficient (Wildman–Crippen LogP) is 4.49. The van der Waals surface area contributed by atoms with E-state index in [-0.39, 0.29) is 6.03 Å². The van der Waals surface area contributed by atoms with E-state index >= 15 is 0 Å². The molecule has 0 bridgehead atoms. The lowest BCUT2D eigenvalue weighted by atomic mass is 10.1. The standard InChI is InChI=1S/C18H23N3O/c1-4-21(5-2)16-11-12-17(14(3)13-16)20-18(22)19-15-9-7-6-8-10-15/h6-13H,4-5H2,1-3H3,(H2,19,20,22). The summed E-state index contributed by atoms with van der Waals surface area (Å²) < 4.78 is 0. The minimum Gasteiger partial charge on any atom is -0.372 e. The zero-order chi connectivity index (χ0) is 15.9. The second kappa shape index (κ2) is 7.50. The molecule has 0 atom stereocenters. The molecular weight excluding hydrogens is 274 g/mol. The van der Waals surface area contributed by atoms with Gasteiger partial charge in [0.05, 0.1) is 0 Å². The number of rotatable bonds is 5. The summed E-state index contributed by atoms with van der Waals surface area (Å²) in [5.74, 6) is 0. The molecule has 2 amide bonds. The summed E-state index contributed by atoms with van der Waals surface area (Å²) in [5, 5.41) is 5.71. The van der Waals surface area contributed by atoms with Crippen molar-refractivity contribution in [1.29, 1.82) is 0 Å². The Labute approximate surface area is 132 Å². The highest BCUT2D eigenvalue weighted by Gasteiger charge is 2.07. The molecule has 0 fully saturated rings. The summed E-state index contributed by atoms with van der Waals surface area (Å²) >= 11 is 0. The quantitative estimate of drug-likeness (QED) is 0.854. The molecular formula is C18H23N3O.